The van der Waals surface area contributed by atoms with Crippen LogP contribution in [0, 0.1) is 0 Å². The van der Waals surface area contributed by atoms with E-state index < -0.39 is 0 Å². The topological polar surface area (TPSA) is 53.5 Å². The van der Waals surface area contributed by atoms with Crippen molar-refractivity contribution in [2.24, 2.45) is 0 Å². The van der Waals surface area contributed by atoms with Gasteiger partial charge in [0.2, 0.25) is 6.79 Å². The normalized spacial score (nSPS) is 12.3. The number of rotatable bonds is 6. The summed E-state index contributed by atoms with van der Waals surface area (Å²) in [6.45, 7) is 2.03. The first kappa shape index (κ1) is 14.5. The zero-order valence-corrected chi connectivity index (χ0v) is 12.8. The molecule has 2 aromatic rings. The molecule has 1 heterocycles. The van der Waals surface area contributed by atoms with E-state index in [1.165, 1.54) is 5.56 Å². The van der Waals surface area contributed by atoms with Crippen LogP contribution in [-0.2, 0) is 13.1 Å². The number of nitrogens with two attached hydrogens (primary N) is 1. The first-order valence-corrected chi connectivity index (χ1v) is 7.20. The van der Waals surface area contributed by atoms with Gasteiger partial charge in [0.1, 0.15) is 24.6 Å². The molecule has 3 rings (SSSR count). The van der Waals surface area contributed by atoms with Crippen molar-refractivity contribution in [1.29, 1.82) is 0 Å². The van der Waals surface area contributed by atoms with E-state index in [1.807, 2.05) is 30.3 Å². The Labute approximate surface area is 129 Å². The van der Waals surface area contributed by atoms with Gasteiger partial charge >= 0.3 is 0 Å². The van der Waals surface area contributed by atoms with Gasteiger partial charge in [-0.15, -0.1) is 0 Å². The van der Waals surface area contributed by atoms with Crippen LogP contribution in [-0.4, -0.2) is 21.0 Å². The van der Waals surface area contributed by atoms with Gasteiger partial charge in [-0.1, -0.05) is 0 Å². The molecular formula is C17H20NO4+. The van der Waals surface area contributed by atoms with E-state index in [1.54, 1.807) is 14.2 Å². The second-order valence-electron chi connectivity index (χ2n) is 5.11. The Bertz CT molecular complexity index is 635. The third-order valence-electron chi connectivity index (χ3n) is 3.61. The molecule has 0 atom stereocenters. The third-order valence-corrected chi connectivity index (χ3v) is 3.61. The molecule has 1 aliphatic rings. The molecule has 116 valence electrons. The van der Waals surface area contributed by atoms with E-state index in [-0.39, 0.29) is 0 Å². The maximum absolute atomic E-state index is 5.40. The maximum atomic E-state index is 5.40. The minimum absolute atomic E-state index is 0.312. The van der Waals surface area contributed by atoms with Crippen LogP contribution in [0.2, 0.25) is 0 Å². The third kappa shape index (κ3) is 3.26. The first-order chi connectivity index (χ1) is 10.8. The van der Waals surface area contributed by atoms with Gasteiger partial charge in [0, 0.05) is 17.2 Å². The molecule has 0 aromatic heterocycles. The van der Waals surface area contributed by atoms with Gasteiger partial charge in [0.25, 0.3) is 0 Å². The predicted molar refractivity (Wildman–Crippen MR) is 81.4 cm³/mol. The lowest BCUT2D eigenvalue weighted by Gasteiger charge is -2.08. The van der Waals surface area contributed by atoms with Crippen molar-refractivity contribution in [1.82, 2.24) is 0 Å². The summed E-state index contributed by atoms with van der Waals surface area (Å²) in [4.78, 5) is 0. The van der Waals surface area contributed by atoms with Gasteiger partial charge in [-0.25, -0.2) is 0 Å². The standard InChI is InChI=1S/C17H19NO4/c1-19-14-5-13(6-15(8-14)20-2)10-18-9-12-3-4-16-17(7-12)22-11-21-16/h3-8,18H,9-11H2,1-2H3/p+1. The van der Waals surface area contributed by atoms with E-state index in [0.29, 0.717) is 6.79 Å². The number of hydrogen-bond donors (Lipinski definition) is 1. The van der Waals surface area contributed by atoms with Crippen molar-refractivity contribution in [2.45, 2.75) is 13.1 Å². The van der Waals surface area contributed by atoms with Gasteiger partial charge < -0.3 is 24.3 Å². The van der Waals surface area contributed by atoms with Gasteiger partial charge in [0.05, 0.1) is 14.2 Å². The minimum atomic E-state index is 0.312. The molecule has 0 saturated heterocycles. The summed E-state index contributed by atoms with van der Waals surface area (Å²) in [6, 6.07) is 12.0. The lowest BCUT2D eigenvalue weighted by molar-refractivity contribution is -0.686. The minimum Gasteiger partial charge on any atom is -0.497 e. The molecule has 0 radical (unpaired) electrons. The molecule has 0 aliphatic carbocycles. The highest BCUT2D eigenvalue weighted by Gasteiger charge is 2.13. The van der Waals surface area contributed by atoms with Crippen molar-refractivity contribution < 1.29 is 24.3 Å². The summed E-state index contributed by atoms with van der Waals surface area (Å²) in [5.41, 5.74) is 2.37. The summed E-state index contributed by atoms with van der Waals surface area (Å²) >= 11 is 0. The molecule has 1 aliphatic heterocycles. The monoisotopic (exact) mass is 302 g/mol. The molecule has 5 nitrogen and oxygen atoms in total. The van der Waals surface area contributed by atoms with E-state index in [9.17, 15) is 0 Å². The fraction of sp³-hybridized carbons (Fsp3) is 0.294. The molecule has 5 heteroatoms. The van der Waals surface area contributed by atoms with Crippen LogP contribution in [0.1, 0.15) is 11.1 Å². The van der Waals surface area contributed by atoms with Crippen molar-refractivity contribution in [3.05, 3.63) is 47.5 Å². The highest BCUT2D eigenvalue weighted by molar-refractivity contribution is 5.44. The maximum Gasteiger partial charge on any atom is 0.231 e. The van der Waals surface area contributed by atoms with Crippen LogP contribution in [0.5, 0.6) is 23.0 Å². The van der Waals surface area contributed by atoms with E-state index in [4.69, 9.17) is 18.9 Å². The molecule has 0 saturated carbocycles. The fourth-order valence-corrected chi connectivity index (χ4v) is 2.46. The van der Waals surface area contributed by atoms with Crippen LogP contribution in [0.25, 0.3) is 0 Å². The van der Waals surface area contributed by atoms with E-state index in [0.717, 1.165) is 41.7 Å². The van der Waals surface area contributed by atoms with Crippen molar-refractivity contribution in [2.75, 3.05) is 21.0 Å². The average molecular weight is 302 g/mol. The zero-order chi connectivity index (χ0) is 15.4. The second kappa shape index (κ2) is 6.58. The molecule has 22 heavy (non-hydrogen) atoms. The molecule has 0 amide bonds. The Morgan fingerprint density at radius 3 is 2.27 bits per heavy atom. The predicted octanol–water partition coefficient (Wildman–Crippen LogP) is 1.70. The molecule has 0 unspecified atom stereocenters. The molecule has 2 aromatic carbocycles. The summed E-state index contributed by atoms with van der Waals surface area (Å²) in [5.74, 6) is 3.27. The SMILES string of the molecule is COc1cc(C[NH2+]Cc2ccc3c(c2)OCO3)cc(OC)c1. The second-order valence-corrected chi connectivity index (χ2v) is 5.11. The van der Waals surface area contributed by atoms with Gasteiger partial charge in [-0.3, -0.25) is 0 Å². The number of fused-ring (bicyclic) bond motifs is 1. The van der Waals surface area contributed by atoms with E-state index >= 15 is 0 Å². The highest BCUT2D eigenvalue weighted by Crippen LogP contribution is 2.32. The van der Waals surface area contributed by atoms with E-state index in [2.05, 4.69) is 11.4 Å². The van der Waals surface area contributed by atoms with Crippen LogP contribution < -0.4 is 24.3 Å². The van der Waals surface area contributed by atoms with Crippen LogP contribution in [0.3, 0.4) is 0 Å². The van der Waals surface area contributed by atoms with Crippen molar-refractivity contribution in [3.63, 3.8) is 0 Å². The smallest absolute Gasteiger partial charge is 0.231 e. The number of quaternary nitrogens is 1. The summed E-state index contributed by atoms with van der Waals surface area (Å²) in [5, 5.41) is 2.23. The first-order valence-electron chi connectivity index (χ1n) is 7.20. The Morgan fingerprint density at radius 2 is 1.55 bits per heavy atom. The fourth-order valence-electron chi connectivity index (χ4n) is 2.46. The number of methoxy groups -OCH3 is 2. The molecule has 0 fully saturated rings. The summed E-state index contributed by atoms with van der Waals surface area (Å²) < 4.78 is 21.3. The van der Waals surface area contributed by atoms with Crippen LogP contribution >= 0.6 is 0 Å². The number of benzene rings is 2. The lowest BCUT2D eigenvalue weighted by Crippen LogP contribution is -2.80. The van der Waals surface area contributed by atoms with Crippen LogP contribution in [0.4, 0.5) is 0 Å². The van der Waals surface area contributed by atoms with Gasteiger partial charge in [-0.2, -0.15) is 0 Å². The van der Waals surface area contributed by atoms with Crippen molar-refractivity contribution in [3.8, 4) is 23.0 Å². The zero-order valence-electron chi connectivity index (χ0n) is 12.8. The largest absolute Gasteiger partial charge is 0.497 e. The van der Waals surface area contributed by atoms with Crippen molar-refractivity contribution >= 4 is 0 Å². The Kier molecular flexibility index (Phi) is 4.34. The summed E-state index contributed by atoms with van der Waals surface area (Å²) in [7, 11) is 3.32. The van der Waals surface area contributed by atoms with Crippen LogP contribution in [0.15, 0.2) is 36.4 Å². The molecule has 2 N–H and O–H groups in total. The Morgan fingerprint density at radius 1 is 0.864 bits per heavy atom. The summed E-state index contributed by atoms with van der Waals surface area (Å²) in [6.07, 6.45) is 0. The molecular weight excluding hydrogens is 282 g/mol. The molecule has 0 spiro atoms. The lowest BCUT2D eigenvalue weighted by atomic mass is 10.1. The van der Waals surface area contributed by atoms with Gasteiger partial charge in [-0.05, 0) is 30.3 Å². The molecule has 0 bridgehead atoms. The highest BCUT2D eigenvalue weighted by atomic mass is 16.7. The average Bonchev–Trinajstić information content (AvgIpc) is 3.02. The number of hydrogen-bond acceptors (Lipinski definition) is 4. The Hall–Kier alpha value is -2.40. The number of ether oxygens (including phenoxy) is 4. The quantitative estimate of drug-likeness (QED) is 0.882. The Balaban J connectivity index is 1.61. The van der Waals surface area contributed by atoms with Gasteiger partial charge in [0.15, 0.2) is 11.5 Å².